The van der Waals surface area contributed by atoms with Crippen LogP contribution in [-0.2, 0) is 0 Å². The number of carbonyl (C=O) groups excluding carboxylic acids is 1. The SMILES string of the molecule is Cc1ccc(C(=O)N[C@H](c2ccccc2)c2nnc(N3CCCC3)o2)c(C)c1. The molecule has 0 spiro atoms. The summed E-state index contributed by atoms with van der Waals surface area (Å²) in [4.78, 5) is 15.1. The number of benzene rings is 2. The summed E-state index contributed by atoms with van der Waals surface area (Å²) in [6.07, 6.45) is 2.26. The van der Waals surface area contributed by atoms with Crippen molar-refractivity contribution in [2.75, 3.05) is 18.0 Å². The smallest absolute Gasteiger partial charge is 0.318 e. The van der Waals surface area contributed by atoms with Crippen LogP contribution in [0.15, 0.2) is 52.9 Å². The van der Waals surface area contributed by atoms with E-state index in [0.29, 0.717) is 17.5 Å². The quantitative estimate of drug-likeness (QED) is 0.733. The molecule has 2 heterocycles. The molecule has 6 nitrogen and oxygen atoms in total. The van der Waals surface area contributed by atoms with E-state index in [-0.39, 0.29) is 5.91 Å². The Labute approximate surface area is 164 Å². The highest BCUT2D eigenvalue weighted by Crippen LogP contribution is 2.26. The molecule has 1 aliphatic rings. The van der Waals surface area contributed by atoms with Gasteiger partial charge in [-0.05, 0) is 43.9 Å². The first kappa shape index (κ1) is 18.2. The number of aryl methyl sites for hydroxylation is 2. The Balaban J connectivity index is 1.63. The second-order valence-electron chi connectivity index (χ2n) is 7.25. The van der Waals surface area contributed by atoms with Crippen molar-refractivity contribution in [3.05, 3.63) is 76.7 Å². The third kappa shape index (κ3) is 3.76. The average Bonchev–Trinajstić information content (AvgIpc) is 3.38. The number of anilines is 1. The van der Waals surface area contributed by atoms with Crippen molar-refractivity contribution in [1.29, 1.82) is 0 Å². The minimum Gasteiger partial charge on any atom is -0.405 e. The third-order valence-corrected chi connectivity index (χ3v) is 5.09. The molecular weight excluding hydrogens is 352 g/mol. The van der Waals surface area contributed by atoms with Gasteiger partial charge in [-0.3, -0.25) is 4.79 Å². The molecule has 1 aliphatic heterocycles. The normalized spacial score (nSPS) is 14.9. The molecule has 1 aromatic heterocycles. The van der Waals surface area contributed by atoms with Gasteiger partial charge in [0.2, 0.25) is 5.89 Å². The zero-order valence-electron chi connectivity index (χ0n) is 16.2. The van der Waals surface area contributed by atoms with Gasteiger partial charge in [0.05, 0.1) is 0 Å². The fraction of sp³-hybridized carbons (Fsp3) is 0.318. The van der Waals surface area contributed by atoms with Crippen molar-refractivity contribution in [3.63, 3.8) is 0 Å². The molecule has 0 bridgehead atoms. The molecule has 0 saturated carbocycles. The van der Waals surface area contributed by atoms with Crippen LogP contribution in [0, 0.1) is 13.8 Å². The van der Waals surface area contributed by atoms with E-state index in [0.717, 1.165) is 42.6 Å². The van der Waals surface area contributed by atoms with Gasteiger partial charge < -0.3 is 14.6 Å². The number of aromatic nitrogens is 2. The fourth-order valence-electron chi connectivity index (χ4n) is 3.59. The second kappa shape index (κ2) is 7.84. The Morgan fingerprint density at radius 2 is 1.82 bits per heavy atom. The highest BCUT2D eigenvalue weighted by molar-refractivity contribution is 5.96. The van der Waals surface area contributed by atoms with E-state index in [1.165, 1.54) is 0 Å². The summed E-state index contributed by atoms with van der Waals surface area (Å²) >= 11 is 0. The Kier molecular flexibility index (Phi) is 5.10. The Hall–Kier alpha value is -3.15. The summed E-state index contributed by atoms with van der Waals surface area (Å²) in [7, 11) is 0. The van der Waals surface area contributed by atoms with Crippen molar-refractivity contribution in [2.45, 2.75) is 32.7 Å². The van der Waals surface area contributed by atoms with E-state index in [9.17, 15) is 4.79 Å². The molecule has 0 aliphatic carbocycles. The van der Waals surface area contributed by atoms with Crippen LogP contribution in [0.2, 0.25) is 0 Å². The number of rotatable bonds is 5. The minimum absolute atomic E-state index is 0.160. The maximum atomic E-state index is 13.0. The van der Waals surface area contributed by atoms with Crippen LogP contribution in [0.4, 0.5) is 6.01 Å². The molecule has 28 heavy (non-hydrogen) atoms. The highest BCUT2D eigenvalue weighted by atomic mass is 16.4. The highest BCUT2D eigenvalue weighted by Gasteiger charge is 2.26. The van der Waals surface area contributed by atoms with Gasteiger partial charge in [-0.25, -0.2) is 0 Å². The predicted molar refractivity (Wildman–Crippen MR) is 107 cm³/mol. The number of carbonyl (C=O) groups is 1. The van der Waals surface area contributed by atoms with Crippen molar-refractivity contribution < 1.29 is 9.21 Å². The molecule has 4 rings (SSSR count). The number of nitrogens with one attached hydrogen (secondary N) is 1. The fourth-order valence-corrected chi connectivity index (χ4v) is 3.59. The zero-order valence-corrected chi connectivity index (χ0v) is 16.2. The standard InChI is InChI=1S/C22H24N4O2/c1-15-10-11-18(16(2)14-15)20(27)23-19(17-8-4-3-5-9-17)21-24-25-22(28-21)26-12-6-7-13-26/h3-5,8-11,14,19H,6-7,12-13H2,1-2H3,(H,23,27)/t19-/m1/s1. The minimum atomic E-state index is -0.502. The topological polar surface area (TPSA) is 71.3 Å². The first-order valence-electron chi connectivity index (χ1n) is 9.63. The maximum Gasteiger partial charge on any atom is 0.318 e. The summed E-state index contributed by atoms with van der Waals surface area (Å²) in [6.45, 7) is 5.80. The number of amides is 1. The largest absolute Gasteiger partial charge is 0.405 e. The number of nitrogens with zero attached hydrogens (tertiary/aromatic N) is 3. The lowest BCUT2D eigenvalue weighted by molar-refractivity contribution is 0.0937. The van der Waals surface area contributed by atoms with Gasteiger partial charge in [0.1, 0.15) is 6.04 Å². The molecule has 2 aromatic carbocycles. The molecule has 1 fully saturated rings. The molecule has 6 heteroatoms. The van der Waals surface area contributed by atoms with Crippen LogP contribution in [0.5, 0.6) is 0 Å². The molecule has 144 valence electrons. The lowest BCUT2D eigenvalue weighted by Gasteiger charge is -2.17. The van der Waals surface area contributed by atoms with Gasteiger partial charge in [-0.1, -0.05) is 53.1 Å². The van der Waals surface area contributed by atoms with Gasteiger partial charge in [0, 0.05) is 18.7 Å². The van der Waals surface area contributed by atoms with Gasteiger partial charge in [-0.15, -0.1) is 5.10 Å². The number of hydrogen-bond donors (Lipinski definition) is 1. The summed E-state index contributed by atoms with van der Waals surface area (Å²) in [5.74, 6) is 0.235. The Morgan fingerprint density at radius 1 is 1.07 bits per heavy atom. The molecule has 1 saturated heterocycles. The van der Waals surface area contributed by atoms with Gasteiger partial charge >= 0.3 is 6.01 Å². The van der Waals surface area contributed by atoms with Crippen molar-refractivity contribution >= 4 is 11.9 Å². The van der Waals surface area contributed by atoms with Crippen LogP contribution >= 0.6 is 0 Å². The van der Waals surface area contributed by atoms with Crippen molar-refractivity contribution in [2.24, 2.45) is 0 Å². The molecule has 1 N–H and O–H groups in total. The summed E-state index contributed by atoms with van der Waals surface area (Å²) in [6, 6.07) is 15.5. The van der Waals surface area contributed by atoms with Gasteiger partial charge in [0.25, 0.3) is 5.91 Å². The summed E-state index contributed by atoms with van der Waals surface area (Å²) in [5.41, 5.74) is 3.61. The molecule has 0 radical (unpaired) electrons. The molecule has 1 amide bonds. The van der Waals surface area contributed by atoms with E-state index in [4.69, 9.17) is 4.42 Å². The lowest BCUT2D eigenvalue weighted by atomic mass is 10.0. The van der Waals surface area contributed by atoms with E-state index in [1.54, 1.807) is 0 Å². The predicted octanol–water partition coefficient (Wildman–Crippen LogP) is 3.81. The molecule has 1 atom stereocenters. The first-order chi connectivity index (χ1) is 13.6. The summed E-state index contributed by atoms with van der Waals surface area (Å²) < 4.78 is 5.96. The zero-order chi connectivity index (χ0) is 19.5. The third-order valence-electron chi connectivity index (χ3n) is 5.09. The van der Waals surface area contributed by atoms with E-state index < -0.39 is 6.04 Å². The van der Waals surface area contributed by atoms with Crippen LogP contribution in [0.3, 0.4) is 0 Å². The van der Waals surface area contributed by atoms with Crippen LogP contribution in [-0.4, -0.2) is 29.2 Å². The number of hydrogen-bond acceptors (Lipinski definition) is 5. The van der Waals surface area contributed by atoms with Gasteiger partial charge in [0.15, 0.2) is 0 Å². The summed E-state index contributed by atoms with van der Waals surface area (Å²) in [5, 5.41) is 11.5. The van der Waals surface area contributed by atoms with Crippen LogP contribution in [0.25, 0.3) is 0 Å². The maximum absolute atomic E-state index is 13.0. The van der Waals surface area contributed by atoms with Crippen LogP contribution in [0.1, 0.15) is 51.8 Å². The van der Waals surface area contributed by atoms with E-state index in [1.807, 2.05) is 62.4 Å². The molecule has 3 aromatic rings. The van der Waals surface area contributed by atoms with Gasteiger partial charge in [-0.2, -0.15) is 0 Å². The molecular formula is C22H24N4O2. The Morgan fingerprint density at radius 3 is 2.54 bits per heavy atom. The lowest BCUT2D eigenvalue weighted by Crippen LogP contribution is -2.30. The van der Waals surface area contributed by atoms with E-state index >= 15 is 0 Å². The first-order valence-corrected chi connectivity index (χ1v) is 9.63. The molecule has 0 unspecified atom stereocenters. The second-order valence-corrected chi connectivity index (χ2v) is 7.25. The van der Waals surface area contributed by atoms with E-state index in [2.05, 4.69) is 20.4 Å². The Bertz CT molecular complexity index is 962. The monoisotopic (exact) mass is 376 g/mol. The van der Waals surface area contributed by atoms with Crippen molar-refractivity contribution in [3.8, 4) is 0 Å². The van der Waals surface area contributed by atoms with Crippen LogP contribution < -0.4 is 10.2 Å². The van der Waals surface area contributed by atoms with Crippen molar-refractivity contribution in [1.82, 2.24) is 15.5 Å². The average molecular weight is 376 g/mol.